The lowest BCUT2D eigenvalue weighted by molar-refractivity contribution is -0.115. The van der Waals surface area contributed by atoms with Gasteiger partial charge in [0.2, 0.25) is 5.91 Å². The molecule has 3 rings (SSSR count). The molecule has 0 atom stereocenters. The van der Waals surface area contributed by atoms with Gasteiger partial charge in [-0.3, -0.25) is 4.79 Å². The molecule has 0 saturated heterocycles. The first-order valence-corrected chi connectivity index (χ1v) is 8.78. The second kappa shape index (κ2) is 7.17. The lowest BCUT2D eigenvalue weighted by Gasteiger charge is -2.07. The van der Waals surface area contributed by atoms with Gasteiger partial charge in [-0.2, -0.15) is 5.10 Å². The number of rotatable bonds is 4. The highest BCUT2D eigenvalue weighted by molar-refractivity contribution is 14.1. The van der Waals surface area contributed by atoms with Crippen molar-refractivity contribution in [2.24, 2.45) is 0 Å². The van der Waals surface area contributed by atoms with E-state index in [9.17, 15) is 4.79 Å². The minimum atomic E-state index is -0.0317. The Bertz CT molecular complexity index is 872. The van der Waals surface area contributed by atoms with Crippen molar-refractivity contribution < 1.29 is 4.79 Å². The molecule has 5 heteroatoms. The van der Waals surface area contributed by atoms with Gasteiger partial charge in [-0.05, 0) is 66.8 Å². The molecule has 0 saturated carbocycles. The number of hydrogen-bond acceptors (Lipinski definition) is 2. The number of amides is 1. The fourth-order valence-electron chi connectivity index (χ4n) is 2.68. The van der Waals surface area contributed by atoms with Crippen molar-refractivity contribution >= 4 is 34.2 Å². The van der Waals surface area contributed by atoms with Crippen LogP contribution in [0.5, 0.6) is 0 Å². The molecule has 122 valence electrons. The fraction of sp³-hybridized carbons (Fsp3) is 0.158. The van der Waals surface area contributed by atoms with Gasteiger partial charge in [-0.1, -0.05) is 24.3 Å². The molecular formula is C19H18IN3O. The smallest absolute Gasteiger partial charge is 0.228 e. The van der Waals surface area contributed by atoms with Gasteiger partial charge in [0.15, 0.2) is 0 Å². The number of carbonyl (C=O) groups is 1. The summed E-state index contributed by atoms with van der Waals surface area (Å²) in [7, 11) is 0. The molecule has 0 fully saturated rings. The summed E-state index contributed by atoms with van der Waals surface area (Å²) >= 11 is 2.23. The normalized spacial score (nSPS) is 10.6. The largest absolute Gasteiger partial charge is 0.326 e. The maximum absolute atomic E-state index is 12.4. The van der Waals surface area contributed by atoms with E-state index in [-0.39, 0.29) is 5.91 Å². The van der Waals surface area contributed by atoms with Gasteiger partial charge in [0, 0.05) is 20.5 Å². The van der Waals surface area contributed by atoms with E-state index in [0.29, 0.717) is 6.42 Å². The Kier molecular flexibility index (Phi) is 4.99. The predicted molar refractivity (Wildman–Crippen MR) is 105 cm³/mol. The molecular weight excluding hydrogens is 413 g/mol. The molecule has 0 radical (unpaired) electrons. The van der Waals surface area contributed by atoms with Gasteiger partial charge in [-0.25, -0.2) is 4.68 Å². The summed E-state index contributed by atoms with van der Waals surface area (Å²) in [6.07, 6.45) is 0.315. The predicted octanol–water partition coefficient (Wildman–Crippen LogP) is 4.27. The highest BCUT2D eigenvalue weighted by Crippen LogP contribution is 2.19. The zero-order chi connectivity index (χ0) is 17.1. The molecule has 0 aliphatic carbocycles. The molecule has 3 aromatic rings. The molecule has 1 N–H and O–H groups in total. The molecule has 1 heterocycles. The van der Waals surface area contributed by atoms with Gasteiger partial charge in [-0.15, -0.1) is 0 Å². The summed E-state index contributed by atoms with van der Waals surface area (Å²) in [5.41, 5.74) is 4.67. The number of nitrogens with zero attached hydrogens (tertiary/aromatic N) is 2. The number of halogens is 1. The van der Waals surface area contributed by atoms with Crippen LogP contribution in [0, 0.1) is 17.4 Å². The number of aromatic nitrogens is 2. The first kappa shape index (κ1) is 16.7. The summed E-state index contributed by atoms with van der Waals surface area (Å²) in [6, 6.07) is 17.7. The van der Waals surface area contributed by atoms with E-state index in [2.05, 4.69) is 33.0 Å². The van der Waals surface area contributed by atoms with Crippen molar-refractivity contribution in [2.75, 3.05) is 5.32 Å². The molecule has 0 spiro atoms. The van der Waals surface area contributed by atoms with Gasteiger partial charge in [0.25, 0.3) is 0 Å². The van der Waals surface area contributed by atoms with E-state index in [1.165, 1.54) is 0 Å². The van der Waals surface area contributed by atoms with E-state index < -0.39 is 0 Å². The van der Waals surface area contributed by atoms with E-state index >= 15 is 0 Å². The van der Waals surface area contributed by atoms with Crippen LogP contribution in [-0.2, 0) is 11.2 Å². The van der Waals surface area contributed by atoms with Gasteiger partial charge < -0.3 is 5.32 Å². The standard InChI is InChI=1S/C19H18IN3O/c1-13-18(12-19(24)21-16-8-6-7-15(20)11-16)14(2)23(22-13)17-9-4-3-5-10-17/h3-11H,12H2,1-2H3,(H,21,24). The highest BCUT2D eigenvalue weighted by atomic mass is 127. The molecule has 0 aliphatic heterocycles. The number of benzene rings is 2. The molecule has 24 heavy (non-hydrogen) atoms. The van der Waals surface area contributed by atoms with Crippen molar-refractivity contribution in [1.29, 1.82) is 0 Å². The maximum atomic E-state index is 12.4. The Balaban J connectivity index is 1.80. The third-order valence-electron chi connectivity index (χ3n) is 3.89. The van der Waals surface area contributed by atoms with Crippen LogP contribution >= 0.6 is 22.6 Å². The van der Waals surface area contributed by atoms with Crippen LogP contribution in [0.15, 0.2) is 54.6 Å². The minimum absolute atomic E-state index is 0.0317. The molecule has 1 aromatic heterocycles. The monoisotopic (exact) mass is 431 g/mol. The molecule has 2 aromatic carbocycles. The Labute approximate surface area is 155 Å². The van der Waals surface area contributed by atoms with Crippen LogP contribution in [0.2, 0.25) is 0 Å². The van der Waals surface area contributed by atoms with Gasteiger partial charge in [0.05, 0.1) is 17.8 Å². The number of hydrogen-bond donors (Lipinski definition) is 1. The van der Waals surface area contributed by atoms with E-state index in [4.69, 9.17) is 0 Å². The van der Waals surface area contributed by atoms with Crippen LogP contribution in [-0.4, -0.2) is 15.7 Å². The van der Waals surface area contributed by atoms with Crippen LogP contribution in [0.3, 0.4) is 0 Å². The second-order valence-electron chi connectivity index (χ2n) is 5.63. The molecule has 0 unspecified atom stereocenters. The van der Waals surface area contributed by atoms with Crippen LogP contribution < -0.4 is 5.32 Å². The Morgan fingerprint density at radius 3 is 2.58 bits per heavy atom. The summed E-state index contributed by atoms with van der Waals surface area (Å²) in [4.78, 5) is 12.4. The third-order valence-corrected chi connectivity index (χ3v) is 4.56. The molecule has 0 aliphatic rings. The van der Waals surface area contributed by atoms with Gasteiger partial charge >= 0.3 is 0 Å². The fourth-order valence-corrected chi connectivity index (χ4v) is 3.23. The number of nitrogens with one attached hydrogen (secondary N) is 1. The lowest BCUT2D eigenvalue weighted by Crippen LogP contribution is -2.15. The topological polar surface area (TPSA) is 46.9 Å². The zero-order valence-corrected chi connectivity index (χ0v) is 15.7. The van der Waals surface area contributed by atoms with Crippen molar-refractivity contribution in [1.82, 2.24) is 9.78 Å². The van der Waals surface area contributed by atoms with Crippen molar-refractivity contribution in [3.63, 3.8) is 0 Å². The van der Waals surface area contributed by atoms with Crippen LogP contribution in [0.25, 0.3) is 5.69 Å². The lowest BCUT2D eigenvalue weighted by atomic mass is 10.1. The van der Waals surface area contributed by atoms with Gasteiger partial charge in [0.1, 0.15) is 0 Å². The van der Waals surface area contributed by atoms with Crippen molar-refractivity contribution in [2.45, 2.75) is 20.3 Å². The third kappa shape index (κ3) is 3.67. The maximum Gasteiger partial charge on any atom is 0.228 e. The number of aryl methyl sites for hydroxylation is 1. The van der Waals surface area contributed by atoms with E-state index in [1.54, 1.807) is 0 Å². The summed E-state index contributed by atoms with van der Waals surface area (Å²) < 4.78 is 2.98. The van der Waals surface area contributed by atoms with Crippen molar-refractivity contribution in [3.05, 3.63) is 75.1 Å². The average molecular weight is 431 g/mol. The first-order valence-electron chi connectivity index (χ1n) is 7.70. The van der Waals surface area contributed by atoms with Crippen LogP contribution in [0.4, 0.5) is 5.69 Å². The SMILES string of the molecule is Cc1nn(-c2ccccc2)c(C)c1CC(=O)Nc1cccc(I)c1. The van der Waals surface area contributed by atoms with Crippen molar-refractivity contribution in [3.8, 4) is 5.69 Å². The molecule has 4 nitrogen and oxygen atoms in total. The Hall–Kier alpha value is -2.15. The zero-order valence-electron chi connectivity index (χ0n) is 13.6. The summed E-state index contributed by atoms with van der Waals surface area (Å²) in [5.74, 6) is -0.0317. The Morgan fingerprint density at radius 1 is 1.12 bits per heavy atom. The number of anilines is 1. The first-order chi connectivity index (χ1) is 11.5. The quantitative estimate of drug-likeness (QED) is 0.628. The van der Waals surface area contributed by atoms with Crippen LogP contribution in [0.1, 0.15) is 17.0 Å². The highest BCUT2D eigenvalue weighted by Gasteiger charge is 2.16. The number of carbonyl (C=O) groups excluding carboxylic acids is 1. The minimum Gasteiger partial charge on any atom is -0.326 e. The summed E-state index contributed by atoms with van der Waals surface area (Å²) in [6.45, 7) is 3.95. The van der Waals surface area contributed by atoms with E-state index in [1.807, 2.05) is 73.1 Å². The number of para-hydroxylation sites is 1. The molecule has 1 amide bonds. The summed E-state index contributed by atoms with van der Waals surface area (Å²) in [5, 5.41) is 7.54. The average Bonchev–Trinajstić information content (AvgIpc) is 2.84. The van der Waals surface area contributed by atoms with E-state index in [0.717, 1.165) is 31.9 Å². The second-order valence-corrected chi connectivity index (χ2v) is 6.88. The Morgan fingerprint density at radius 2 is 1.88 bits per heavy atom. The molecule has 0 bridgehead atoms.